The van der Waals surface area contributed by atoms with Gasteiger partial charge < -0.3 is 10.6 Å². The van der Waals surface area contributed by atoms with Crippen molar-refractivity contribution in [3.63, 3.8) is 0 Å². The fraction of sp³-hybridized carbons (Fsp3) is 0.733. The highest BCUT2D eigenvalue weighted by molar-refractivity contribution is 8.00. The number of thioether (sulfide) groups is 1. The summed E-state index contributed by atoms with van der Waals surface area (Å²) < 4.78 is 0. The molecule has 118 valence electrons. The normalized spacial score (nSPS) is 19.0. The Morgan fingerprint density at radius 3 is 2.90 bits per heavy atom. The van der Waals surface area contributed by atoms with E-state index in [1.165, 1.54) is 34.2 Å². The van der Waals surface area contributed by atoms with Crippen molar-refractivity contribution >= 4 is 29.1 Å². The quantitative estimate of drug-likeness (QED) is 0.623. The van der Waals surface area contributed by atoms with Gasteiger partial charge in [-0.05, 0) is 31.9 Å². The molecule has 1 aliphatic rings. The first-order chi connectivity index (χ1) is 10.2. The Morgan fingerprint density at radius 2 is 2.29 bits per heavy atom. The molecule has 2 heterocycles. The largest absolute Gasteiger partial charge is 0.356 e. The molecule has 0 amide bonds. The molecule has 0 spiro atoms. The third-order valence-corrected chi connectivity index (χ3v) is 6.12. The minimum absolute atomic E-state index is 0.747. The zero-order chi connectivity index (χ0) is 15.1. The summed E-state index contributed by atoms with van der Waals surface area (Å²) in [6, 6.07) is 0. The van der Waals surface area contributed by atoms with E-state index in [-0.39, 0.29) is 0 Å². The Labute approximate surface area is 136 Å². The number of thiazole rings is 1. The van der Waals surface area contributed by atoms with E-state index in [1.807, 2.05) is 18.4 Å². The van der Waals surface area contributed by atoms with Gasteiger partial charge in [-0.2, -0.15) is 11.8 Å². The lowest BCUT2D eigenvalue weighted by Gasteiger charge is -2.14. The van der Waals surface area contributed by atoms with Crippen LogP contribution >= 0.6 is 23.1 Å². The minimum atomic E-state index is 0.747. The summed E-state index contributed by atoms with van der Waals surface area (Å²) in [5, 5.41) is 8.78. The Hall–Kier alpha value is -0.750. The molecule has 1 atom stereocenters. The van der Waals surface area contributed by atoms with Crippen LogP contribution in [-0.2, 0) is 12.8 Å². The summed E-state index contributed by atoms with van der Waals surface area (Å²) >= 11 is 3.89. The molecule has 0 aliphatic carbocycles. The number of nitrogens with one attached hydrogen (secondary N) is 2. The molecule has 2 N–H and O–H groups in total. The molecule has 4 nitrogen and oxygen atoms in total. The summed E-state index contributed by atoms with van der Waals surface area (Å²) in [7, 11) is 1.83. The first kappa shape index (κ1) is 16.6. The molecule has 0 bridgehead atoms. The van der Waals surface area contributed by atoms with Crippen molar-refractivity contribution in [3.8, 4) is 0 Å². The molecule has 1 aliphatic heterocycles. The van der Waals surface area contributed by atoms with Gasteiger partial charge in [-0.1, -0.05) is 6.92 Å². The van der Waals surface area contributed by atoms with Gasteiger partial charge in [-0.15, -0.1) is 11.3 Å². The van der Waals surface area contributed by atoms with Crippen molar-refractivity contribution in [1.82, 2.24) is 15.6 Å². The summed E-state index contributed by atoms with van der Waals surface area (Å²) in [6.07, 6.45) is 4.67. The molecule has 1 saturated heterocycles. The lowest BCUT2D eigenvalue weighted by molar-refractivity contribution is 0.723. The maximum Gasteiger partial charge on any atom is 0.191 e. The standard InChI is InChI=1S/C15H26N4S2/c1-4-13-11(2)21-14(19-13)7-8-17-15(16-3)18-10-12-6-5-9-20-12/h12H,4-10H2,1-3H3,(H2,16,17,18). The van der Waals surface area contributed by atoms with Gasteiger partial charge in [0.25, 0.3) is 0 Å². The van der Waals surface area contributed by atoms with Crippen LogP contribution in [0.3, 0.4) is 0 Å². The van der Waals surface area contributed by atoms with Crippen molar-refractivity contribution in [2.45, 2.75) is 44.8 Å². The van der Waals surface area contributed by atoms with Crippen LogP contribution in [0.1, 0.15) is 35.3 Å². The number of aromatic nitrogens is 1. The van der Waals surface area contributed by atoms with Gasteiger partial charge in [0.1, 0.15) is 0 Å². The molecule has 2 rings (SSSR count). The van der Waals surface area contributed by atoms with E-state index in [0.29, 0.717) is 0 Å². The molecule has 1 fully saturated rings. The SMILES string of the molecule is CCc1nc(CCNC(=NC)NCC2CCCS2)sc1C. The number of rotatable bonds is 6. The first-order valence-corrected chi connectivity index (χ1v) is 9.60. The predicted molar refractivity (Wildman–Crippen MR) is 94.8 cm³/mol. The van der Waals surface area contributed by atoms with Crippen LogP contribution in [0.25, 0.3) is 0 Å². The van der Waals surface area contributed by atoms with Gasteiger partial charge in [0, 0.05) is 36.7 Å². The van der Waals surface area contributed by atoms with Crippen LogP contribution in [0.5, 0.6) is 0 Å². The maximum absolute atomic E-state index is 4.67. The van der Waals surface area contributed by atoms with Crippen LogP contribution in [0.15, 0.2) is 4.99 Å². The first-order valence-electron chi connectivity index (χ1n) is 7.74. The van der Waals surface area contributed by atoms with Crippen LogP contribution in [0.2, 0.25) is 0 Å². The van der Waals surface area contributed by atoms with Gasteiger partial charge in [0.15, 0.2) is 5.96 Å². The van der Waals surface area contributed by atoms with Crippen LogP contribution < -0.4 is 10.6 Å². The molecule has 1 aromatic rings. The van der Waals surface area contributed by atoms with Crippen LogP contribution in [0, 0.1) is 6.92 Å². The van der Waals surface area contributed by atoms with Crippen LogP contribution in [-0.4, -0.2) is 42.1 Å². The maximum atomic E-state index is 4.67. The van der Waals surface area contributed by atoms with Crippen molar-refractivity contribution in [1.29, 1.82) is 0 Å². The summed E-state index contributed by atoms with van der Waals surface area (Å²) in [4.78, 5) is 10.3. The number of nitrogens with zero attached hydrogens (tertiary/aromatic N) is 2. The van der Waals surface area contributed by atoms with Crippen LogP contribution in [0.4, 0.5) is 0 Å². The zero-order valence-electron chi connectivity index (χ0n) is 13.2. The van der Waals surface area contributed by atoms with E-state index < -0.39 is 0 Å². The number of hydrogen-bond donors (Lipinski definition) is 2. The molecule has 1 aromatic heterocycles. The van der Waals surface area contributed by atoms with Gasteiger partial charge in [-0.25, -0.2) is 4.98 Å². The third kappa shape index (κ3) is 5.18. The molecular weight excluding hydrogens is 300 g/mol. The van der Waals surface area contributed by atoms with E-state index in [4.69, 9.17) is 0 Å². The van der Waals surface area contributed by atoms with Crippen molar-refractivity contribution < 1.29 is 0 Å². The molecule has 0 radical (unpaired) electrons. The Balaban J connectivity index is 1.70. The van der Waals surface area contributed by atoms with E-state index in [1.54, 1.807) is 0 Å². The minimum Gasteiger partial charge on any atom is -0.356 e. The van der Waals surface area contributed by atoms with E-state index in [0.717, 1.165) is 37.1 Å². The van der Waals surface area contributed by atoms with Crippen molar-refractivity contribution in [2.75, 3.05) is 25.9 Å². The Morgan fingerprint density at radius 1 is 1.43 bits per heavy atom. The monoisotopic (exact) mass is 326 g/mol. The van der Waals surface area contributed by atoms with E-state index in [9.17, 15) is 0 Å². The highest BCUT2D eigenvalue weighted by atomic mass is 32.2. The summed E-state index contributed by atoms with van der Waals surface area (Å²) in [6.45, 7) is 6.22. The van der Waals surface area contributed by atoms with Gasteiger partial charge >= 0.3 is 0 Å². The topological polar surface area (TPSA) is 49.3 Å². The lowest BCUT2D eigenvalue weighted by atomic mass is 10.2. The van der Waals surface area contributed by atoms with E-state index >= 15 is 0 Å². The lowest BCUT2D eigenvalue weighted by Crippen LogP contribution is -2.40. The fourth-order valence-electron chi connectivity index (χ4n) is 2.45. The highest BCUT2D eigenvalue weighted by Crippen LogP contribution is 2.25. The third-order valence-electron chi connectivity index (χ3n) is 3.65. The average Bonchev–Trinajstić information content (AvgIpc) is 3.12. The molecule has 21 heavy (non-hydrogen) atoms. The average molecular weight is 327 g/mol. The smallest absolute Gasteiger partial charge is 0.191 e. The molecule has 1 unspecified atom stereocenters. The molecule has 6 heteroatoms. The highest BCUT2D eigenvalue weighted by Gasteiger charge is 2.15. The number of aliphatic imine (C=N–C) groups is 1. The summed E-state index contributed by atoms with van der Waals surface area (Å²) in [5.74, 6) is 2.22. The van der Waals surface area contributed by atoms with Crippen molar-refractivity contribution in [3.05, 3.63) is 15.6 Å². The summed E-state index contributed by atoms with van der Waals surface area (Å²) in [5.41, 5.74) is 1.25. The fourth-order valence-corrected chi connectivity index (χ4v) is 4.67. The van der Waals surface area contributed by atoms with Gasteiger partial charge in [-0.3, -0.25) is 4.99 Å². The zero-order valence-corrected chi connectivity index (χ0v) is 14.9. The Kier molecular flexibility index (Phi) is 6.83. The Bertz CT molecular complexity index is 464. The number of hydrogen-bond acceptors (Lipinski definition) is 4. The molecule has 0 saturated carbocycles. The second-order valence-electron chi connectivity index (χ2n) is 5.23. The molecule has 0 aromatic carbocycles. The number of aryl methyl sites for hydroxylation is 2. The molecular formula is C15H26N4S2. The second-order valence-corrected chi connectivity index (χ2v) is 7.92. The van der Waals surface area contributed by atoms with E-state index in [2.05, 4.69) is 46.2 Å². The van der Waals surface area contributed by atoms with Gasteiger partial charge in [0.2, 0.25) is 0 Å². The van der Waals surface area contributed by atoms with Gasteiger partial charge in [0.05, 0.1) is 10.7 Å². The predicted octanol–water partition coefficient (Wildman–Crippen LogP) is 2.62. The van der Waals surface area contributed by atoms with Crippen molar-refractivity contribution in [2.24, 2.45) is 4.99 Å². The second kappa shape index (κ2) is 8.63. The number of guanidine groups is 1.